The summed E-state index contributed by atoms with van der Waals surface area (Å²) in [6, 6.07) is 12.6. The molecule has 0 aliphatic rings. The molecule has 2 rings (SSSR count). The predicted octanol–water partition coefficient (Wildman–Crippen LogP) is 3.88. The van der Waals surface area contributed by atoms with E-state index in [2.05, 4.69) is 0 Å². The second-order valence-electron chi connectivity index (χ2n) is 4.98. The number of rotatable bonds is 6. The summed E-state index contributed by atoms with van der Waals surface area (Å²) in [6.45, 7) is 3.39. The van der Waals surface area contributed by atoms with Crippen molar-refractivity contribution in [2.75, 3.05) is 18.0 Å². The number of anilines is 1. The first kappa shape index (κ1) is 15.4. The third kappa shape index (κ3) is 4.02. The molecule has 0 aromatic heterocycles. The standard InChI is InChI=1S/C17H20F2N2/c1-2-21(14-7-5-6-13(18)12-14)11-10-17(20)15-8-3-4-9-16(15)19/h3-9,12,17H,2,10-11,20H2,1H3. The van der Waals surface area contributed by atoms with Crippen molar-refractivity contribution in [2.24, 2.45) is 5.73 Å². The first-order valence-electron chi connectivity index (χ1n) is 7.12. The molecule has 0 aliphatic heterocycles. The van der Waals surface area contributed by atoms with Crippen LogP contribution in [0, 0.1) is 11.6 Å². The largest absolute Gasteiger partial charge is 0.372 e. The van der Waals surface area contributed by atoms with Crippen molar-refractivity contribution in [3.05, 3.63) is 65.7 Å². The molecule has 21 heavy (non-hydrogen) atoms. The van der Waals surface area contributed by atoms with Gasteiger partial charge in [-0.2, -0.15) is 0 Å². The minimum atomic E-state index is -0.367. The van der Waals surface area contributed by atoms with E-state index in [-0.39, 0.29) is 17.7 Å². The molecule has 0 spiro atoms. The third-order valence-electron chi connectivity index (χ3n) is 3.57. The van der Waals surface area contributed by atoms with Crippen LogP contribution in [0.4, 0.5) is 14.5 Å². The molecule has 1 unspecified atom stereocenters. The fourth-order valence-electron chi connectivity index (χ4n) is 2.37. The minimum Gasteiger partial charge on any atom is -0.372 e. The maximum atomic E-state index is 13.7. The zero-order chi connectivity index (χ0) is 15.2. The number of halogens is 2. The lowest BCUT2D eigenvalue weighted by atomic mass is 10.0. The quantitative estimate of drug-likeness (QED) is 0.874. The Balaban J connectivity index is 2.02. The molecule has 1 atom stereocenters. The summed E-state index contributed by atoms with van der Waals surface area (Å²) in [6.07, 6.45) is 0.602. The summed E-state index contributed by atoms with van der Waals surface area (Å²) < 4.78 is 27.0. The number of nitrogens with two attached hydrogens (primary N) is 1. The van der Waals surface area contributed by atoms with Crippen LogP contribution in [0.3, 0.4) is 0 Å². The number of benzene rings is 2. The van der Waals surface area contributed by atoms with Crippen molar-refractivity contribution in [3.8, 4) is 0 Å². The molecule has 2 nitrogen and oxygen atoms in total. The second kappa shape index (κ2) is 7.18. The maximum Gasteiger partial charge on any atom is 0.127 e. The van der Waals surface area contributed by atoms with Crippen molar-refractivity contribution in [3.63, 3.8) is 0 Å². The molecule has 0 saturated heterocycles. The van der Waals surface area contributed by atoms with E-state index in [4.69, 9.17) is 5.73 Å². The topological polar surface area (TPSA) is 29.3 Å². The molecule has 0 amide bonds. The number of hydrogen-bond acceptors (Lipinski definition) is 2. The average molecular weight is 290 g/mol. The van der Waals surface area contributed by atoms with E-state index in [9.17, 15) is 8.78 Å². The van der Waals surface area contributed by atoms with Crippen molar-refractivity contribution in [2.45, 2.75) is 19.4 Å². The molecule has 4 heteroatoms. The average Bonchev–Trinajstić information content (AvgIpc) is 2.48. The van der Waals surface area contributed by atoms with Crippen LogP contribution in [-0.4, -0.2) is 13.1 Å². The van der Waals surface area contributed by atoms with Crippen LogP contribution in [0.15, 0.2) is 48.5 Å². The zero-order valence-corrected chi connectivity index (χ0v) is 12.1. The van der Waals surface area contributed by atoms with Gasteiger partial charge in [-0.3, -0.25) is 0 Å². The lowest BCUT2D eigenvalue weighted by molar-refractivity contribution is 0.560. The summed E-state index contributed by atoms with van der Waals surface area (Å²) >= 11 is 0. The molecule has 2 aromatic carbocycles. The first-order valence-corrected chi connectivity index (χ1v) is 7.12. The Morgan fingerprint density at radius 3 is 2.52 bits per heavy atom. The monoisotopic (exact) mass is 290 g/mol. The van der Waals surface area contributed by atoms with E-state index < -0.39 is 0 Å². The highest BCUT2D eigenvalue weighted by molar-refractivity contribution is 5.46. The minimum absolute atomic E-state index is 0.260. The van der Waals surface area contributed by atoms with E-state index in [1.807, 2.05) is 17.9 Å². The third-order valence-corrected chi connectivity index (χ3v) is 3.57. The smallest absolute Gasteiger partial charge is 0.127 e. The fourth-order valence-corrected chi connectivity index (χ4v) is 2.37. The van der Waals surface area contributed by atoms with Crippen molar-refractivity contribution >= 4 is 5.69 Å². The Bertz CT molecular complexity index is 587. The Hall–Kier alpha value is -1.94. The zero-order valence-electron chi connectivity index (χ0n) is 12.1. The highest BCUT2D eigenvalue weighted by Gasteiger charge is 2.13. The maximum absolute atomic E-state index is 13.7. The molecule has 0 heterocycles. The predicted molar refractivity (Wildman–Crippen MR) is 82.2 cm³/mol. The van der Waals surface area contributed by atoms with Crippen molar-refractivity contribution in [1.29, 1.82) is 0 Å². The summed E-state index contributed by atoms with van der Waals surface area (Å²) in [7, 11) is 0. The lowest BCUT2D eigenvalue weighted by Crippen LogP contribution is -2.27. The number of hydrogen-bond donors (Lipinski definition) is 1. The van der Waals surface area contributed by atoms with Gasteiger partial charge in [-0.15, -0.1) is 0 Å². The van der Waals surface area contributed by atoms with Crippen LogP contribution >= 0.6 is 0 Å². The molecular formula is C17H20F2N2. The molecule has 0 aliphatic carbocycles. The van der Waals surface area contributed by atoms with Gasteiger partial charge in [0.2, 0.25) is 0 Å². The number of nitrogens with zero attached hydrogens (tertiary/aromatic N) is 1. The SMILES string of the molecule is CCN(CCC(N)c1ccccc1F)c1cccc(F)c1. The second-order valence-corrected chi connectivity index (χ2v) is 4.98. The van der Waals surface area contributed by atoms with E-state index >= 15 is 0 Å². The van der Waals surface area contributed by atoms with E-state index in [0.717, 1.165) is 12.2 Å². The van der Waals surface area contributed by atoms with Crippen LogP contribution < -0.4 is 10.6 Å². The van der Waals surface area contributed by atoms with Crippen molar-refractivity contribution < 1.29 is 8.78 Å². The van der Waals surface area contributed by atoms with Gasteiger partial charge < -0.3 is 10.6 Å². The summed E-state index contributed by atoms with van der Waals surface area (Å²) in [4.78, 5) is 2.03. The molecule has 112 valence electrons. The summed E-state index contributed by atoms with van der Waals surface area (Å²) in [5.74, 6) is -0.539. The van der Waals surface area contributed by atoms with Gasteiger partial charge in [0.1, 0.15) is 11.6 Å². The van der Waals surface area contributed by atoms with Gasteiger partial charge in [0, 0.05) is 30.4 Å². The molecule has 2 aromatic rings. The van der Waals surface area contributed by atoms with Gasteiger partial charge in [0.15, 0.2) is 0 Å². The van der Waals surface area contributed by atoms with Gasteiger partial charge in [-0.25, -0.2) is 8.78 Å². The van der Waals surface area contributed by atoms with Crippen LogP contribution in [0.1, 0.15) is 24.9 Å². The first-order chi connectivity index (χ1) is 10.1. The van der Waals surface area contributed by atoms with Crippen LogP contribution in [-0.2, 0) is 0 Å². The summed E-state index contributed by atoms with van der Waals surface area (Å²) in [5, 5.41) is 0. The Labute approximate surface area is 124 Å². The van der Waals surface area contributed by atoms with Gasteiger partial charge >= 0.3 is 0 Å². The van der Waals surface area contributed by atoms with Crippen LogP contribution in [0.5, 0.6) is 0 Å². The molecule has 2 N–H and O–H groups in total. The molecular weight excluding hydrogens is 270 g/mol. The van der Waals surface area contributed by atoms with Gasteiger partial charge in [-0.1, -0.05) is 24.3 Å². The van der Waals surface area contributed by atoms with Crippen LogP contribution in [0.25, 0.3) is 0 Å². The van der Waals surface area contributed by atoms with E-state index in [1.54, 1.807) is 24.3 Å². The van der Waals surface area contributed by atoms with Gasteiger partial charge in [0.05, 0.1) is 0 Å². The van der Waals surface area contributed by atoms with Crippen molar-refractivity contribution in [1.82, 2.24) is 0 Å². The lowest BCUT2D eigenvalue weighted by Gasteiger charge is -2.25. The summed E-state index contributed by atoms with van der Waals surface area (Å²) in [5.41, 5.74) is 7.40. The van der Waals surface area contributed by atoms with Crippen LogP contribution in [0.2, 0.25) is 0 Å². The molecule has 0 radical (unpaired) electrons. The molecule has 0 saturated carbocycles. The molecule has 0 bridgehead atoms. The Morgan fingerprint density at radius 1 is 1.10 bits per heavy atom. The van der Waals surface area contributed by atoms with E-state index in [0.29, 0.717) is 18.5 Å². The van der Waals surface area contributed by atoms with Gasteiger partial charge in [0.25, 0.3) is 0 Å². The highest BCUT2D eigenvalue weighted by atomic mass is 19.1. The normalized spacial score (nSPS) is 12.2. The van der Waals surface area contributed by atoms with E-state index in [1.165, 1.54) is 18.2 Å². The fraction of sp³-hybridized carbons (Fsp3) is 0.294. The molecule has 0 fully saturated rings. The Kier molecular flexibility index (Phi) is 5.28. The van der Waals surface area contributed by atoms with Gasteiger partial charge in [-0.05, 0) is 37.6 Å². The highest BCUT2D eigenvalue weighted by Crippen LogP contribution is 2.20. The Morgan fingerprint density at radius 2 is 1.86 bits per heavy atom.